The van der Waals surface area contributed by atoms with Crippen molar-refractivity contribution in [3.63, 3.8) is 0 Å². The van der Waals surface area contributed by atoms with E-state index < -0.39 is 16.2 Å². The maximum atomic E-state index is 13.1. The van der Waals surface area contributed by atoms with Gasteiger partial charge in [0.1, 0.15) is 11.0 Å². The van der Waals surface area contributed by atoms with E-state index in [1.807, 2.05) is 0 Å². The van der Waals surface area contributed by atoms with E-state index in [1.165, 1.54) is 29.0 Å². The lowest BCUT2D eigenvalue weighted by Gasteiger charge is -2.11. The highest BCUT2D eigenvalue weighted by atomic mass is 16.6. The minimum atomic E-state index is -0.643. The zero-order valence-electron chi connectivity index (χ0n) is 13.2. The summed E-state index contributed by atoms with van der Waals surface area (Å²) in [6.45, 7) is 0. The van der Waals surface area contributed by atoms with Crippen LogP contribution < -0.4 is 11.2 Å². The molecule has 4 rings (SSSR count). The van der Waals surface area contributed by atoms with Crippen LogP contribution in [0.15, 0.2) is 70.4 Å². The van der Waals surface area contributed by atoms with Crippen LogP contribution in [-0.2, 0) is 0 Å². The number of H-pyrrole nitrogens is 1. The third-order valence-electron chi connectivity index (χ3n) is 3.97. The third-order valence-corrected chi connectivity index (χ3v) is 3.97. The third kappa shape index (κ3) is 2.30. The summed E-state index contributed by atoms with van der Waals surface area (Å²) in [5.74, 6) is 0. The number of nitrogens with zero attached hydrogens (tertiary/aromatic N) is 4. The normalized spacial score (nSPS) is 10.9. The number of fused-ring (bicyclic) bond motifs is 1. The van der Waals surface area contributed by atoms with Gasteiger partial charge in [-0.2, -0.15) is 5.10 Å². The number of para-hydroxylation sites is 1. The summed E-state index contributed by atoms with van der Waals surface area (Å²) < 4.78 is 2.22. The Labute approximate surface area is 144 Å². The molecule has 26 heavy (non-hydrogen) atoms. The van der Waals surface area contributed by atoms with E-state index in [9.17, 15) is 19.7 Å². The number of nitro groups is 1. The average Bonchev–Trinajstić information content (AvgIpc) is 3.13. The maximum Gasteiger partial charge on any atom is 0.340 e. The Bertz CT molecular complexity index is 1250. The molecule has 0 aliphatic carbocycles. The fourth-order valence-corrected chi connectivity index (χ4v) is 2.81. The second-order valence-corrected chi connectivity index (χ2v) is 5.50. The monoisotopic (exact) mass is 349 g/mol. The summed E-state index contributed by atoms with van der Waals surface area (Å²) >= 11 is 0. The first-order valence-electron chi connectivity index (χ1n) is 7.59. The zero-order valence-corrected chi connectivity index (χ0v) is 13.2. The van der Waals surface area contributed by atoms with E-state index in [1.54, 1.807) is 36.4 Å². The molecule has 0 saturated carbocycles. The quantitative estimate of drug-likeness (QED) is 0.447. The van der Waals surface area contributed by atoms with Gasteiger partial charge < -0.3 is 0 Å². The smallest absolute Gasteiger partial charge is 0.271 e. The van der Waals surface area contributed by atoms with E-state index >= 15 is 0 Å². The highest BCUT2D eigenvalue weighted by Crippen LogP contribution is 2.18. The maximum absolute atomic E-state index is 13.1. The Morgan fingerprint density at radius 1 is 0.962 bits per heavy atom. The number of nitrogens with one attached hydrogen (secondary N) is 1. The van der Waals surface area contributed by atoms with Crippen molar-refractivity contribution in [2.45, 2.75) is 0 Å². The number of hydrogen-bond donors (Lipinski definition) is 1. The molecule has 2 aromatic heterocycles. The van der Waals surface area contributed by atoms with Gasteiger partial charge >= 0.3 is 5.69 Å². The highest BCUT2D eigenvalue weighted by molar-refractivity contribution is 5.75. The lowest BCUT2D eigenvalue weighted by molar-refractivity contribution is -0.384. The summed E-state index contributed by atoms with van der Waals surface area (Å²) in [6, 6.07) is 14.1. The Hall–Kier alpha value is -4.01. The second kappa shape index (κ2) is 5.81. The molecule has 0 atom stereocenters. The first kappa shape index (κ1) is 15.5. The first-order valence-corrected chi connectivity index (χ1v) is 7.59. The predicted octanol–water partition coefficient (Wildman–Crippen LogP) is 1.77. The summed E-state index contributed by atoms with van der Waals surface area (Å²) in [4.78, 5) is 36.4. The molecular formula is C17H11N5O4. The van der Waals surface area contributed by atoms with Crippen molar-refractivity contribution in [1.29, 1.82) is 0 Å². The van der Waals surface area contributed by atoms with Gasteiger partial charge in [0.25, 0.3) is 11.2 Å². The molecule has 4 aromatic rings. The summed E-state index contributed by atoms with van der Waals surface area (Å²) in [5, 5.41) is 17.5. The van der Waals surface area contributed by atoms with Crippen molar-refractivity contribution in [2.24, 2.45) is 0 Å². The van der Waals surface area contributed by atoms with E-state index in [2.05, 4.69) is 10.2 Å². The van der Waals surface area contributed by atoms with Gasteiger partial charge in [0, 0.05) is 12.1 Å². The van der Waals surface area contributed by atoms with Crippen LogP contribution in [0.2, 0.25) is 0 Å². The zero-order chi connectivity index (χ0) is 18.3. The van der Waals surface area contributed by atoms with E-state index in [-0.39, 0.29) is 22.4 Å². The number of aromatic nitrogens is 4. The second-order valence-electron chi connectivity index (χ2n) is 5.50. The predicted molar refractivity (Wildman–Crippen MR) is 93.9 cm³/mol. The Balaban J connectivity index is 2.12. The number of rotatable bonds is 3. The highest BCUT2D eigenvalue weighted by Gasteiger charge is 2.18. The number of hydrogen-bond acceptors (Lipinski definition) is 5. The molecule has 128 valence electrons. The fourth-order valence-electron chi connectivity index (χ4n) is 2.81. The Morgan fingerprint density at radius 2 is 1.69 bits per heavy atom. The van der Waals surface area contributed by atoms with E-state index in [0.29, 0.717) is 5.69 Å². The Morgan fingerprint density at radius 3 is 2.42 bits per heavy atom. The molecular weight excluding hydrogens is 338 g/mol. The molecule has 9 heteroatoms. The van der Waals surface area contributed by atoms with Crippen LogP contribution in [0, 0.1) is 10.1 Å². The van der Waals surface area contributed by atoms with Crippen LogP contribution in [0.25, 0.3) is 22.4 Å². The van der Waals surface area contributed by atoms with Crippen LogP contribution in [-0.4, -0.2) is 24.3 Å². The fraction of sp³-hybridized carbons (Fsp3) is 0. The van der Waals surface area contributed by atoms with Gasteiger partial charge in [-0.15, -0.1) is 0 Å². The number of non-ortho nitro benzene ring substituents is 1. The van der Waals surface area contributed by atoms with E-state index in [4.69, 9.17) is 0 Å². The number of nitro benzene ring substituents is 1. The largest absolute Gasteiger partial charge is 0.340 e. The topological polar surface area (TPSA) is 116 Å². The van der Waals surface area contributed by atoms with Crippen LogP contribution in [0.3, 0.4) is 0 Å². The van der Waals surface area contributed by atoms with Crippen LogP contribution in [0.4, 0.5) is 5.69 Å². The minimum Gasteiger partial charge on any atom is -0.271 e. The van der Waals surface area contributed by atoms with Crippen molar-refractivity contribution in [3.8, 4) is 11.4 Å². The summed E-state index contributed by atoms with van der Waals surface area (Å²) in [7, 11) is 0. The van der Waals surface area contributed by atoms with Crippen molar-refractivity contribution in [3.05, 3.63) is 91.7 Å². The lowest BCUT2D eigenvalue weighted by Crippen LogP contribution is -2.38. The van der Waals surface area contributed by atoms with Gasteiger partial charge in [0.05, 0.1) is 22.5 Å². The van der Waals surface area contributed by atoms with Gasteiger partial charge in [-0.1, -0.05) is 24.3 Å². The molecule has 2 heterocycles. The van der Waals surface area contributed by atoms with Crippen molar-refractivity contribution >= 4 is 16.7 Å². The number of aromatic amines is 1. The standard InChI is InChI=1S/C17H11N5O4/c23-16-15-14(10-18-19-15)20(12-7-4-8-13(9-12)22(25)26)17(24)21(16)11-5-2-1-3-6-11/h1-10H,(H,18,19). The molecule has 0 saturated heterocycles. The molecule has 0 aliphatic rings. The van der Waals surface area contributed by atoms with Crippen molar-refractivity contribution in [2.75, 3.05) is 0 Å². The Kier molecular flexibility index (Phi) is 3.47. The van der Waals surface area contributed by atoms with Crippen LogP contribution >= 0.6 is 0 Å². The van der Waals surface area contributed by atoms with E-state index in [0.717, 1.165) is 4.57 Å². The number of benzene rings is 2. The molecule has 1 N–H and O–H groups in total. The van der Waals surface area contributed by atoms with Gasteiger partial charge in [-0.3, -0.25) is 24.6 Å². The van der Waals surface area contributed by atoms with Gasteiger partial charge in [0.15, 0.2) is 0 Å². The van der Waals surface area contributed by atoms with Crippen molar-refractivity contribution < 1.29 is 4.92 Å². The molecule has 0 bridgehead atoms. The minimum absolute atomic E-state index is 0.125. The van der Waals surface area contributed by atoms with Crippen LogP contribution in [0.5, 0.6) is 0 Å². The summed E-state index contributed by atoms with van der Waals surface area (Å²) in [6.07, 6.45) is 1.34. The molecule has 0 radical (unpaired) electrons. The first-order chi connectivity index (χ1) is 12.6. The average molecular weight is 349 g/mol. The molecule has 0 amide bonds. The van der Waals surface area contributed by atoms with Crippen LogP contribution in [0.1, 0.15) is 0 Å². The van der Waals surface area contributed by atoms with Gasteiger partial charge in [-0.25, -0.2) is 9.36 Å². The molecule has 0 fully saturated rings. The van der Waals surface area contributed by atoms with Crippen molar-refractivity contribution in [1.82, 2.24) is 19.3 Å². The SMILES string of the molecule is O=c1c2[nH]ncc2n(-c2cccc([N+](=O)[O-])c2)c(=O)n1-c1ccccc1. The molecule has 0 unspecified atom stereocenters. The van der Waals surface area contributed by atoms with Gasteiger partial charge in [-0.05, 0) is 18.2 Å². The lowest BCUT2D eigenvalue weighted by atomic mass is 10.2. The molecule has 9 nitrogen and oxygen atoms in total. The molecule has 2 aromatic carbocycles. The molecule has 0 aliphatic heterocycles. The van der Waals surface area contributed by atoms with Gasteiger partial charge in [0.2, 0.25) is 0 Å². The molecule has 0 spiro atoms. The summed E-state index contributed by atoms with van der Waals surface area (Å²) in [5.41, 5.74) is -0.333.